The summed E-state index contributed by atoms with van der Waals surface area (Å²) >= 11 is 0. The third-order valence-electron chi connectivity index (χ3n) is 3.73. The van der Waals surface area contributed by atoms with E-state index in [2.05, 4.69) is 32.5 Å². The van der Waals surface area contributed by atoms with Gasteiger partial charge in [0, 0.05) is 20.1 Å². The molecule has 0 saturated heterocycles. The predicted octanol–water partition coefficient (Wildman–Crippen LogP) is 1.50. The Bertz CT molecular complexity index is 788. The predicted molar refractivity (Wildman–Crippen MR) is 101 cm³/mol. The maximum atomic E-state index is 11.7. The Hall–Kier alpha value is -2.38. The summed E-state index contributed by atoms with van der Waals surface area (Å²) in [4.78, 5) is 4.45. The molecule has 0 aliphatic carbocycles. The van der Waals surface area contributed by atoms with Crippen LogP contribution in [-0.2, 0) is 23.0 Å². The second-order valence-corrected chi connectivity index (χ2v) is 7.33. The van der Waals surface area contributed by atoms with Crippen molar-refractivity contribution in [3.63, 3.8) is 0 Å². The maximum absolute atomic E-state index is 11.7. The van der Waals surface area contributed by atoms with Crippen LogP contribution in [0.3, 0.4) is 0 Å². The van der Waals surface area contributed by atoms with Crippen LogP contribution in [0.1, 0.15) is 11.1 Å². The molecule has 25 heavy (non-hydrogen) atoms. The van der Waals surface area contributed by atoms with Crippen LogP contribution in [0.4, 0.5) is 0 Å². The highest BCUT2D eigenvalue weighted by Crippen LogP contribution is 2.09. The number of benzene rings is 2. The lowest BCUT2D eigenvalue weighted by atomic mass is 10.1. The Morgan fingerprint density at radius 2 is 1.64 bits per heavy atom. The monoisotopic (exact) mass is 360 g/mol. The van der Waals surface area contributed by atoms with Crippen molar-refractivity contribution < 1.29 is 8.42 Å². The molecule has 0 amide bonds. The van der Waals surface area contributed by atoms with E-state index in [0.717, 1.165) is 18.5 Å². The molecule has 0 unspecified atom stereocenters. The molecular formula is C18H24N4O2S. The summed E-state index contributed by atoms with van der Waals surface area (Å²) in [6.07, 6.45) is 0.915. The van der Waals surface area contributed by atoms with Gasteiger partial charge in [0.1, 0.15) is 0 Å². The third kappa shape index (κ3) is 5.88. The minimum absolute atomic E-state index is 0.254. The number of sulfonamides is 1. The largest absolute Gasteiger partial charge is 0.356 e. The SMILES string of the molecule is CN=C(NCCc1ccccc1)NCc1ccc(S(=O)(=O)NC)cc1. The number of nitrogens with one attached hydrogen (secondary N) is 3. The Morgan fingerprint density at radius 3 is 2.24 bits per heavy atom. The third-order valence-corrected chi connectivity index (χ3v) is 5.17. The highest BCUT2D eigenvalue weighted by Gasteiger charge is 2.10. The minimum Gasteiger partial charge on any atom is -0.356 e. The molecule has 2 aromatic carbocycles. The lowest BCUT2D eigenvalue weighted by Gasteiger charge is -2.12. The molecule has 0 aliphatic heterocycles. The van der Waals surface area contributed by atoms with Gasteiger partial charge in [-0.25, -0.2) is 13.1 Å². The van der Waals surface area contributed by atoms with Gasteiger partial charge >= 0.3 is 0 Å². The van der Waals surface area contributed by atoms with E-state index in [1.54, 1.807) is 31.3 Å². The molecule has 0 aliphatic rings. The van der Waals surface area contributed by atoms with E-state index in [0.29, 0.717) is 12.5 Å². The average Bonchev–Trinajstić information content (AvgIpc) is 2.65. The summed E-state index contributed by atoms with van der Waals surface area (Å²) in [5.41, 5.74) is 2.24. The van der Waals surface area contributed by atoms with Crippen LogP contribution in [0.2, 0.25) is 0 Å². The molecule has 2 rings (SSSR count). The normalized spacial score (nSPS) is 12.0. The van der Waals surface area contributed by atoms with Crippen molar-refractivity contribution in [3.05, 3.63) is 65.7 Å². The van der Waals surface area contributed by atoms with Gasteiger partial charge in [-0.3, -0.25) is 4.99 Å². The zero-order valence-corrected chi connectivity index (χ0v) is 15.3. The van der Waals surface area contributed by atoms with Gasteiger partial charge in [0.05, 0.1) is 4.90 Å². The van der Waals surface area contributed by atoms with Crippen molar-refractivity contribution in [1.82, 2.24) is 15.4 Å². The first-order chi connectivity index (χ1) is 12.0. The summed E-state index contributed by atoms with van der Waals surface area (Å²) < 4.78 is 25.7. The number of hydrogen-bond acceptors (Lipinski definition) is 3. The van der Waals surface area contributed by atoms with Crippen molar-refractivity contribution in [2.45, 2.75) is 17.9 Å². The van der Waals surface area contributed by atoms with Crippen LogP contribution < -0.4 is 15.4 Å². The van der Waals surface area contributed by atoms with Crippen molar-refractivity contribution >= 4 is 16.0 Å². The fraction of sp³-hybridized carbons (Fsp3) is 0.278. The highest BCUT2D eigenvalue weighted by atomic mass is 32.2. The van der Waals surface area contributed by atoms with E-state index >= 15 is 0 Å². The van der Waals surface area contributed by atoms with Gasteiger partial charge < -0.3 is 10.6 Å². The molecule has 3 N–H and O–H groups in total. The maximum Gasteiger partial charge on any atom is 0.240 e. The second kappa shape index (κ2) is 9.19. The number of guanidine groups is 1. The van der Waals surface area contributed by atoms with Gasteiger partial charge in [0.15, 0.2) is 5.96 Å². The molecule has 0 atom stereocenters. The molecular weight excluding hydrogens is 336 g/mol. The first-order valence-electron chi connectivity index (χ1n) is 8.06. The first kappa shape index (κ1) is 19.0. The van der Waals surface area contributed by atoms with Gasteiger partial charge in [0.2, 0.25) is 10.0 Å². The molecule has 0 spiro atoms. The molecule has 0 bridgehead atoms. The summed E-state index contributed by atoms with van der Waals surface area (Å²) in [6, 6.07) is 17.0. The number of rotatable bonds is 7. The molecule has 0 aromatic heterocycles. The van der Waals surface area contributed by atoms with Crippen molar-refractivity contribution in [2.75, 3.05) is 20.6 Å². The Labute approximate surface area is 149 Å². The number of nitrogens with zero attached hydrogens (tertiary/aromatic N) is 1. The quantitative estimate of drug-likeness (QED) is 0.516. The topological polar surface area (TPSA) is 82.6 Å². The standard InChI is InChI=1S/C18H24N4O2S/c1-19-18(21-13-12-15-6-4-3-5-7-15)22-14-16-8-10-17(11-9-16)25(23,24)20-2/h3-11,20H,12-14H2,1-2H3,(H2,19,21,22). The highest BCUT2D eigenvalue weighted by molar-refractivity contribution is 7.89. The van der Waals surface area contributed by atoms with E-state index < -0.39 is 10.0 Å². The van der Waals surface area contributed by atoms with E-state index in [1.165, 1.54) is 12.6 Å². The lowest BCUT2D eigenvalue weighted by molar-refractivity contribution is 0.588. The zero-order valence-electron chi connectivity index (χ0n) is 14.5. The van der Waals surface area contributed by atoms with Crippen molar-refractivity contribution in [3.8, 4) is 0 Å². The molecule has 7 heteroatoms. The van der Waals surface area contributed by atoms with Gasteiger partial charge in [-0.05, 0) is 36.7 Å². The Morgan fingerprint density at radius 1 is 0.960 bits per heavy atom. The van der Waals surface area contributed by atoms with E-state index in [9.17, 15) is 8.42 Å². The van der Waals surface area contributed by atoms with Crippen LogP contribution >= 0.6 is 0 Å². The molecule has 2 aromatic rings. The summed E-state index contributed by atoms with van der Waals surface area (Å²) in [6.45, 7) is 1.34. The van der Waals surface area contributed by atoms with E-state index in [4.69, 9.17) is 0 Å². The average molecular weight is 360 g/mol. The van der Waals surface area contributed by atoms with E-state index in [-0.39, 0.29) is 4.90 Å². The molecule has 0 fully saturated rings. The van der Waals surface area contributed by atoms with Gasteiger partial charge in [-0.15, -0.1) is 0 Å². The van der Waals surface area contributed by atoms with Crippen LogP contribution in [0.15, 0.2) is 64.5 Å². The molecule has 6 nitrogen and oxygen atoms in total. The summed E-state index contributed by atoms with van der Waals surface area (Å²) in [5, 5.41) is 6.48. The van der Waals surface area contributed by atoms with Crippen LogP contribution in [0.5, 0.6) is 0 Å². The van der Waals surface area contributed by atoms with Crippen LogP contribution in [-0.4, -0.2) is 35.0 Å². The molecule has 0 radical (unpaired) electrons. The first-order valence-corrected chi connectivity index (χ1v) is 9.54. The smallest absolute Gasteiger partial charge is 0.240 e. The van der Waals surface area contributed by atoms with Gasteiger partial charge in [-0.1, -0.05) is 42.5 Å². The fourth-order valence-electron chi connectivity index (χ4n) is 2.28. The molecule has 0 heterocycles. The Balaban J connectivity index is 1.82. The Kier molecular flexibility index (Phi) is 6.97. The van der Waals surface area contributed by atoms with Crippen molar-refractivity contribution in [1.29, 1.82) is 0 Å². The fourth-order valence-corrected chi connectivity index (χ4v) is 3.01. The van der Waals surface area contributed by atoms with Crippen LogP contribution in [0, 0.1) is 0 Å². The van der Waals surface area contributed by atoms with E-state index in [1.807, 2.05) is 18.2 Å². The van der Waals surface area contributed by atoms with Crippen LogP contribution in [0.25, 0.3) is 0 Å². The molecule has 134 valence electrons. The second-order valence-electron chi connectivity index (χ2n) is 5.44. The van der Waals surface area contributed by atoms with Gasteiger partial charge in [-0.2, -0.15) is 0 Å². The lowest BCUT2D eigenvalue weighted by Crippen LogP contribution is -2.37. The number of aliphatic imine (C=N–C) groups is 1. The number of hydrogen-bond donors (Lipinski definition) is 3. The van der Waals surface area contributed by atoms with Gasteiger partial charge in [0.25, 0.3) is 0 Å². The van der Waals surface area contributed by atoms with Crippen molar-refractivity contribution in [2.24, 2.45) is 4.99 Å². The summed E-state index contributed by atoms with van der Waals surface area (Å²) in [5.74, 6) is 0.711. The minimum atomic E-state index is -3.40. The summed E-state index contributed by atoms with van der Waals surface area (Å²) in [7, 11) is -0.274. The zero-order chi connectivity index (χ0) is 18.1. The molecule has 0 saturated carbocycles.